The van der Waals surface area contributed by atoms with E-state index in [2.05, 4.69) is 5.32 Å². The Morgan fingerprint density at radius 2 is 1.67 bits per heavy atom. The first-order chi connectivity index (χ1) is 12.8. The second-order valence-electron chi connectivity index (χ2n) is 5.90. The fourth-order valence-corrected chi connectivity index (χ4v) is 2.64. The van der Waals surface area contributed by atoms with Crippen LogP contribution in [-0.4, -0.2) is 10.9 Å². The third-order valence-corrected chi connectivity index (χ3v) is 3.98. The molecule has 0 aliphatic rings. The molecule has 0 atom stereocenters. The van der Waals surface area contributed by atoms with Crippen LogP contribution in [0.5, 0.6) is 0 Å². The fourth-order valence-electron chi connectivity index (χ4n) is 2.64. The summed E-state index contributed by atoms with van der Waals surface area (Å²) in [7, 11) is 0. The highest BCUT2D eigenvalue weighted by Crippen LogP contribution is 2.29. The number of carbonyl (C=O) groups is 1. The van der Waals surface area contributed by atoms with Crippen molar-refractivity contribution in [3.8, 4) is 0 Å². The van der Waals surface area contributed by atoms with Crippen molar-refractivity contribution in [3.05, 3.63) is 99.5 Å². The van der Waals surface area contributed by atoms with Crippen LogP contribution in [0.4, 0.5) is 18.9 Å². The summed E-state index contributed by atoms with van der Waals surface area (Å²) in [4.78, 5) is 26.4. The largest absolute Gasteiger partial charge is 0.417 e. The zero-order chi connectivity index (χ0) is 19.4. The van der Waals surface area contributed by atoms with Crippen LogP contribution in [0.25, 0.3) is 0 Å². The van der Waals surface area contributed by atoms with Gasteiger partial charge in [-0.1, -0.05) is 48.5 Å². The van der Waals surface area contributed by atoms with E-state index in [1.165, 1.54) is 0 Å². The Morgan fingerprint density at radius 1 is 1.00 bits per heavy atom. The van der Waals surface area contributed by atoms with E-state index in [0.717, 1.165) is 5.56 Å². The molecule has 7 heteroatoms. The zero-order valence-corrected chi connectivity index (χ0v) is 14.0. The SMILES string of the molecule is O=C(Nc1cc(C(F)(F)F)c[nH]c1=O)c1ccccc1Cc1ccccc1. The number of hydrogen-bond acceptors (Lipinski definition) is 2. The average Bonchev–Trinajstić information content (AvgIpc) is 2.64. The van der Waals surface area contributed by atoms with E-state index >= 15 is 0 Å². The molecule has 0 radical (unpaired) electrons. The minimum Gasteiger partial charge on any atom is -0.327 e. The summed E-state index contributed by atoms with van der Waals surface area (Å²) in [5.74, 6) is -0.647. The number of aromatic nitrogens is 1. The molecule has 27 heavy (non-hydrogen) atoms. The Hall–Kier alpha value is -3.35. The molecule has 0 saturated heterocycles. The van der Waals surface area contributed by atoms with E-state index in [4.69, 9.17) is 0 Å². The number of halogens is 3. The second kappa shape index (κ2) is 7.49. The minimum atomic E-state index is -4.63. The number of benzene rings is 2. The first-order valence-corrected chi connectivity index (χ1v) is 8.08. The maximum Gasteiger partial charge on any atom is 0.417 e. The van der Waals surface area contributed by atoms with E-state index in [1.54, 1.807) is 24.3 Å². The number of anilines is 1. The third kappa shape index (κ3) is 4.44. The third-order valence-electron chi connectivity index (χ3n) is 3.98. The molecule has 0 saturated carbocycles. The molecule has 3 rings (SSSR count). The van der Waals surface area contributed by atoms with Crippen molar-refractivity contribution in [2.75, 3.05) is 5.32 Å². The Bertz CT molecular complexity index is 1010. The van der Waals surface area contributed by atoms with Crippen molar-refractivity contribution in [2.24, 2.45) is 0 Å². The topological polar surface area (TPSA) is 62.0 Å². The lowest BCUT2D eigenvalue weighted by atomic mass is 9.99. The Balaban J connectivity index is 1.89. The lowest BCUT2D eigenvalue weighted by Gasteiger charge is -2.12. The highest BCUT2D eigenvalue weighted by molar-refractivity contribution is 6.05. The molecule has 1 amide bonds. The van der Waals surface area contributed by atoms with Gasteiger partial charge in [0.1, 0.15) is 5.69 Å². The number of aromatic amines is 1. The van der Waals surface area contributed by atoms with E-state index in [0.29, 0.717) is 24.2 Å². The smallest absolute Gasteiger partial charge is 0.327 e. The monoisotopic (exact) mass is 372 g/mol. The van der Waals surface area contributed by atoms with Crippen LogP contribution in [0.2, 0.25) is 0 Å². The number of nitrogens with one attached hydrogen (secondary N) is 2. The van der Waals surface area contributed by atoms with Gasteiger partial charge < -0.3 is 10.3 Å². The lowest BCUT2D eigenvalue weighted by Crippen LogP contribution is -2.22. The number of hydrogen-bond donors (Lipinski definition) is 2. The molecule has 0 aliphatic carbocycles. The van der Waals surface area contributed by atoms with Crippen molar-refractivity contribution in [3.63, 3.8) is 0 Å². The van der Waals surface area contributed by atoms with Crippen LogP contribution < -0.4 is 10.9 Å². The Morgan fingerprint density at radius 3 is 2.37 bits per heavy atom. The van der Waals surface area contributed by atoms with Crippen LogP contribution >= 0.6 is 0 Å². The van der Waals surface area contributed by atoms with E-state index < -0.39 is 28.9 Å². The molecule has 2 N–H and O–H groups in total. The van der Waals surface area contributed by atoms with Gasteiger partial charge in [0.2, 0.25) is 0 Å². The van der Waals surface area contributed by atoms with Gasteiger partial charge in [0.05, 0.1) is 5.56 Å². The van der Waals surface area contributed by atoms with E-state index in [1.807, 2.05) is 35.3 Å². The van der Waals surface area contributed by atoms with Crippen LogP contribution in [0, 0.1) is 0 Å². The minimum absolute atomic E-state index is 0.290. The summed E-state index contributed by atoms with van der Waals surface area (Å²) in [6, 6.07) is 16.8. The molecule has 0 unspecified atom stereocenters. The Kier molecular flexibility index (Phi) is 5.12. The predicted molar refractivity (Wildman–Crippen MR) is 95.7 cm³/mol. The Labute approximate surface area is 152 Å². The molecule has 0 aliphatic heterocycles. The molecule has 4 nitrogen and oxygen atoms in total. The van der Waals surface area contributed by atoms with Crippen molar-refractivity contribution in [1.29, 1.82) is 0 Å². The first-order valence-electron chi connectivity index (χ1n) is 8.08. The maximum absolute atomic E-state index is 12.8. The summed E-state index contributed by atoms with van der Waals surface area (Å²) < 4.78 is 38.5. The number of pyridine rings is 1. The lowest BCUT2D eigenvalue weighted by molar-refractivity contribution is -0.137. The molecular weight excluding hydrogens is 357 g/mol. The predicted octanol–water partition coefficient (Wildman–Crippen LogP) is 4.24. The van der Waals surface area contributed by atoms with Crippen molar-refractivity contribution in [1.82, 2.24) is 4.98 Å². The van der Waals surface area contributed by atoms with Gasteiger partial charge in [-0.2, -0.15) is 13.2 Å². The number of H-pyrrole nitrogens is 1. The summed E-state index contributed by atoms with van der Waals surface area (Å²) >= 11 is 0. The number of carbonyl (C=O) groups excluding carboxylic acids is 1. The van der Waals surface area contributed by atoms with Crippen molar-refractivity contribution >= 4 is 11.6 Å². The normalized spacial score (nSPS) is 11.2. The van der Waals surface area contributed by atoms with Gasteiger partial charge in [-0.25, -0.2) is 0 Å². The highest BCUT2D eigenvalue weighted by atomic mass is 19.4. The molecule has 1 heterocycles. The second-order valence-corrected chi connectivity index (χ2v) is 5.90. The average molecular weight is 372 g/mol. The van der Waals surface area contributed by atoms with Crippen molar-refractivity contribution in [2.45, 2.75) is 12.6 Å². The summed E-state index contributed by atoms with van der Waals surface area (Å²) in [5.41, 5.74) is -0.339. The number of amides is 1. The zero-order valence-electron chi connectivity index (χ0n) is 14.0. The standard InChI is InChI=1S/C20H15F3N2O2/c21-20(22,23)15-11-17(19(27)24-12-15)25-18(26)16-9-5-4-8-14(16)10-13-6-2-1-3-7-13/h1-9,11-12H,10H2,(H,24,27)(H,25,26). The van der Waals surface area contributed by atoms with E-state index in [9.17, 15) is 22.8 Å². The van der Waals surface area contributed by atoms with Crippen LogP contribution in [0.3, 0.4) is 0 Å². The quantitative estimate of drug-likeness (QED) is 0.720. The van der Waals surface area contributed by atoms with Gasteiger partial charge in [0, 0.05) is 11.8 Å². The maximum atomic E-state index is 12.8. The van der Waals surface area contributed by atoms with E-state index in [-0.39, 0.29) is 5.56 Å². The van der Waals surface area contributed by atoms with Gasteiger partial charge >= 0.3 is 6.18 Å². The summed E-state index contributed by atoms with van der Waals surface area (Å²) in [5, 5.41) is 2.28. The fraction of sp³-hybridized carbons (Fsp3) is 0.100. The summed E-state index contributed by atoms with van der Waals surface area (Å²) in [6.07, 6.45) is -3.58. The summed E-state index contributed by atoms with van der Waals surface area (Å²) in [6.45, 7) is 0. The van der Waals surface area contributed by atoms with Gasteiger partial charge in [-0.15, -0.1) is 0 Å². The molecule has 3 aromatic rings. The number of alkyl halides is 3. The van der Waals surface area contributed by atoms with Crippen LogP contribution in [0.15, 0.2) is 71.7 Å². The first kappa shape index (κ1) is 18.4. The highest BCUT2D eigenvalue weighted by Gasteiger charge is 2.31. The number of rotatable bonds is 4. The van der Waals surface area contributed by atoms with Gasteiger partial charge in [-0.3, -0.25) is 9.59 Å². The van der Waals surface area contributed by atoms with Crippen molar-refractivity contribution < 1.29 is 18.0 Å². The molecule has 0 bridgehead atoms. The van der Waals surface area contributed by atoms with Gasteiger partial charge in [0.25, 0.3) is 11.5 Å². The molecule has 0 spiro atoms. The van der Waals surface area contributed by atoms with Crippen LogP contribution in [-0.2, 0) is 12.6 Å². The molecule has 1 aromatic heterocycles. The molecular formula is C20H15F3N2O2. The van der Waals surface area contributed by atoms with Gasteiger partial charge in [-0.05, 0) is 29.7 Å². The van der Waals surface area contributed by atoms with Crippen LogP contribution in [0.1, 0.15) is 27.0 Å². The molecule has 0 fully saturated rings. The molecule has 138 valence electrons. The molecule has 2 aromatic carbocycles. The van der Waals surface area contributed by atoms with Gasteiger partial charge in [0.15, 0.2) is 0 Å².